The molecule has 1 aromatic heterocycles. The maximum absolute atomic E-state index is 9.42. The molecule has 70 valence electrons. The minimum absolute atomic E-state index is 0.211. The van der Waals surface area contributed by atoms with Crippen molar-refractivity contribution in [2.45, 2.75) is 31.8 Å². The molecule has 2 rings (SSSR count). The summed E-state index contributed by atoms with van der Waals surface area (Å²) in [6.07, 6.45) is 7.85. The maximum Gasteiger partial charge on any atom is 0.0794 e. The molecule has 1 heterocycles. The van der Waals surface area contributed by atoms with Crippen LogP contribution in [0.3, 0.4) is 0 Å². The molecule has 13 heavy (non-hydrogen) atoms. The lowest BCUT2D eigenvalue weighted by molar-refractivity contribution is 0.202. The number of rotatable bonds is 2. The fraction of sp³-hybridized carbons (Fsp3) is 0.500. The molecule has 0 fully saturated rings. The zero-order valence-corrected chi connectivity index (χ0v) is 8.26. The van der Waals surface area contributed by atoms with Gasteiger partial charge in [-0.1, -0.05) is 11.6 Å². The predicted octanol–water partition coefficient (Wildman–Crippen LogP) is 2.16. The lowest BCUT2D eigenvalue weighted by Gasteiger charge is -2.16. The second-order valence-electron chi connectivity index (χ2n) is 3.43. The minimum Gasteiger partial charge on any atom is -0.389 e. The molecule has 1 aliphatic carbocycles. The molecule has 0 bridgehead atoms. The molecule has 1 aliphatic rings. The molecule has 0 saturated carbocycles. The van der Waals surface area contributed by atoms with Crippen molar-refractivity contribution in [3.05, 3.63) is 28.2 Å². The summed E-state index contributed by atoms with van der Waals surface area (Å²) in [4.78, 5) is 5.33. The number of allylic oxidation sites excluding steroid dienone is 1. The highest BCUT2D eigenvalue weighted by atomic mass is 32.1. The number of hydrogen-bond acceptors (Lipinski definition) is 3. The van der Waals surface area contributed by atoms with Gasteiger partial charge >= 0.3 is 0 Å². The first kappa shape index (κ1) is 8.91. The summed E-state index contributed by atoms with van der Waals surface area (Å²) in [5.74, 6) is 0. The summed E-state index contributed by atoms with van der Waals surface area (Å²) in [7, 11) is 0. The monoisotopic (exact) mass is 195 g/mol. The Morgan fingerprint density at radius 3 is 3.23 bits per heavy atom. The first-order valence-electron chi connectivity index (χ1n) is 4.59. The molecule has 0 spiro atoms. The van der Waals surface area contributed by atoms with E-state index in [2.05, 4.69) is 4.98 Å². The minimum atomic E-state index is -0.211. The summed E-state index contributed by atoms with van der Waals surface area (Å²) >= 11 is 1.68. The van der Waals surface area contributed by atoms with Crippen LogP contribution in [0.25, 0.3) is 0 Å². The van der Waals surface area contributed by atoms with Gasteiger partial charge < -0.3 is 5.11 Å². The van der Waals surface area contributed by atoms with Gasteiger partial charge in [-0.15, -0.1) is 11.3 Å². The molecule has 0 radical (unpaired) electrons. The third-order valence-corrected chi connectivity index (χ3v) is 3.09. The largest absolute Gasteiger partial charge is 0.389 e. The topological polar surface area (TPSA) is 33.1 Å². The number of nitrogens with zero attached hydrogens (tertiary/aromatic N) is 1. The van der Waals surface area contributed by atoms with E-state index in [1.807, 2.05) is 17.8 Å². The predicted molar refractivity (Wildman–Crippen MR) is 53.8 cm³/mol. The van der Waals surface area contributed by atoms with Crippen LogP contribution in [0.4, 0.5) is 0 Å². The summed E-state index contributed by atoms with van der Waals surface area (Å²) < 4.78 is 0. The van der Waals surface area contributed by atoms with Crippen molar-refractivity contribution in [1.82, 2.24) is 4.98 Å². The van der Waals surface area contributed by atoms with Crippen LogP contribution in [0.1, 0.15) is 24.1 Å². The van der Waals surface area contributed by atoms with Gasteiger partial charge in [0.1, 0.15) is 0 Å². The van der Waals surface area contributed by atoms with Gasteiger partial charge in [-0.2, -0.15) is 0 Å². The number of thiazole rings is 1. The Labute approximate surface area is 81.9 Å². The summed E-state index contributed by atoms with van der Waals surface area (Å²) in [5.41, 5.74) is 3.22. The standard InChI is InChI=1S/C10H13NOS/c12-9-3-1-2-8(4-9)5-10-6-11-7-13-10/h4,6-7,9,12H,1-3,5H2. The lowest BCUT2D eigenvalue weighted by atomic mass is 9.95. The first-order chi connectivity index (χ1) is 6.34. The van der Waals surface area contributed by atoms with Gasteiger partial charge in [0, 0.05) is 17.5 Å². The number of aliphatic hydroxyl groups is 1. The number of aromatic nitrogens is 1. The van der Waals surface area contributed by atoms with Crippen molar-refractivity contribution >= 4 is 11.3 Å². The summed E-state index contributed by atoms with van der Waals surface area (Å²) in [6, 6.07) is 0. The molecular weight excluding hydrogens is 182 g/mol. The van der Waals surface area contributed by atoms with Gasteiger partial charge in [-0.25, -0.2) is 0 Å². The van der Waals surface area contributed by atoms with Crippen LogP contribution in [-0.4, -0.2) is 16.2 Å². The molecule has 3 heteroatoms. The maximum atomic E-state index is 9.42. The van der Waals surface area contributed by atoms with E-state index in [-0.39, 0.29) is 6.10 Å². The van der Waals surface area contributed by atoms with Crippen molar-refractivity contribution in [3.63, 3.8) is 0 Å². The Bertz CT molecular complexity index is 292. The molecule has 0 saturated heterocycles. The number of hydrogen-bond donors (Lipinski definition) is 1. The van der Waals surface area contributed by atoms with E-state index in [0.717, 1.165) is 25.7 Å². The zero-order chi connectivity index (χ0) is 9.10. The molecule has 1 unspecified atom stereocenters. The van der Waals surface area contributed by atoms with Gasteiger partial charge in [0.15, 0.2) is 0 Å². The van der Waals surface area contributed by atoms with Gasteiger partial charge in [0.25, 0.3) is 0 Å². The van der Waals surface area contributed by atoms with E-state index in [0.29, 0.717) is 0 Å². The highest BCUT2D eigenvalue weighted by Gasteiger charge is 2.11. The van der Waals surface area contributed by atoms with Crippen LogP contribution in [0.2, 0.25) is 0 Å². The zero-order valence-electron chi connectivity index (χ0n) is 7.44. The fourth-order valence-corrected chi connectivity index (χ4v) is 2.33. The Kier molecular flexibility index (Phi) is 2.76. The van der Waals surface area contributed by atoms with Crippen LogP contribution >= 0.6 is 11.3 Å². The van der Waals surface area contributed by atoms with Crippen LogP contribution < -0.4 is 0 Å². The second-order valence-corrected chi connectivity index (χ2v) is 4.40. The molecule has 0 aromatic carbocycles. The Morgan fingerprint density at radius 1 is 1.62 bits per heavy atom. The molecule has 1 N–H and O–H groups in total. The third-order valence-electron chi connectivity index (χ3n) is 2.31. The fourth-order valence-electron chi connectivity index (χ4n) is 1.68. The van der Waals surface area contributed by atoms with Crippen molar-refractivity contribution < 1.29 is 5.11 Å². The van der Waals surface area contributed by atoms with Crippen molar-refractivity contribution in [3.8, 4) is 0 Å². The van der Waals surface area contributed by atoms with E-state index in [4.69, 9.17) is 0 Å². The van der Waals surface area contributed by atoms with Crippen molar-refractivity contribution in [2.24, 2.45) is 0 Å². The second kappa shape index (κ2) is 4.03. The normalized spacial score (nSPS) is 22.8. The van der Waals surface area contributed by atoms with E-state index >= 15 is 0 Å². The van der Waals surface area contributed by atoms with Crippen molar-refractivity contribution in [1.29, 1.82) is 0 Å². The quantitative estimate of drug-likeness (QED) is 0.733. The van der Waals surface area contributed by atoms with Gasteiger partial charge in [-0.05, 0) is 19.3 Å². The summed E-state index contributed by atoms with van der Waals surface area (Å²) in [6.45, 7) is 0. The van der Waals surface area contributed by atoms with E-state index in [1.165, 1.54) is 10.5 Å². The van der Waals surface area contributed by atoms with Crippen molar-refractivity contribution in [2.75, 3.05) is 0 Å². The average molecular weight is 195 g/mol. The smallest absolute Gasteiger partial charge is 0.0794 e. The van der Waals surface area contributed by atoms with E-state index in [9.17, 15) is 5.11 Å². The molecule has 0 aliphatic heterocycles. The Morgan fingerprint density at radius 2 is 2.54 bits per heavy atom. The molecule has 1 aromatic rings. The average Bonchev–Trinajstić information content (AvgIpc) is 2.57. The highest BCUT2D eigenvalue weighted by Crippen LogP contribution is 2.22. The molecule has 0 amide bonds. The van der Waals surface area contributed by atoms with Gasteiger partial charge in [-0.3, -0.25) is 4.98 Å². The van der Waals surface area contributed by atoms with E-state index in [1.54, 1.807) is 11.3 Å². The molecule has 2 nitrogen and oxygen atoms in total. The molecular formula is C10H13NOS. The molecule has 1 atom stereocenters. The summed E-state index contributed by atoms with van der Waals surface area (Å²) in [5, 5.41) is 9.42. The van der Waals surface area contributed by atoms with Crippen LogP contribution in [0, 0.1) is 0 Å². The lowest BCUT2D eigenvalue weighted by Crippen LogP contribution is -2.09. The van der Waals surface area contributed by atoms with Gasteiger partial charge in [0.2, 0.25) is 0 Å². The van der Waals surface area contributed by atoms with E-state index < -0.39 is 0 Å². The van der Waals surface area contributed by atoms with Gasteiger partial charge in [0.05, 0.1) is 11.6 Å². The van der Waals surface area contributed by atoms with Crippen LogP contribution in [-0.2, 0) is 6.42 Å². The Balaban J connectivity index is 2.02. The highest BCUT2D eigenvalue weighted by molar-refractivity contribution is 7.09. The number of aliphatic hydroxyl groups excluding tert-OH is 1. The SMILES string of the molecule is OC1C=C(Cc2cncs2)CCC1. The third kappa shape index (κ3) is 2.39. The Hall–Kier alpha value is -0.670. The van der Waals surface area contributed by atoms with Crippen LogP contribution in [0.15, 0.2) is 23.4 Å². The first-order valence-corrected chi connectivity index (χ1v) is 5.47. The van der Waals surface area contributed by atoms with Crippen LogP contribution in [0.5, 0.6) is 0 Å².